The van der Waals surface area contributed by atoms with E-state index in [-0.39, 0.29) is 0 Å². The maximum atomic E-state index is 3.46. The van der Waals surface area contributed by atoms with Crippen molar-refractivity contribution in [2.24, 2.45) is 0 Å². The number of aryl methyl sites for hydroxylation is 1. The van der Waals surface area contributed by atoms with Crippen LogP contribution in [0.1, 0.15) is 43.4 Å². The molecule has 0 atom stereocenters. The minimum absolute atomic E-state index is 0.593. The lowest BCUT2D eigenvalue weighted by molar-refractivity contribution is 0.867. The third-order valence-electron chi connectivity index (χ3n) is 3.51. The van der Waals surface area contributed by atoms with Gasteiger partial charge in [-0.05, 0) is 41.2 Å². The Bertz CT molecular complexity index is 494. The highest BCUT2D eigenvalue weighted by atomic mass is 14.9. The van der Waals surface area contributed by atoms with Gasteiger partial charge in [-0.2, -0.15) is 0 Å². The molecule has 2 aromatic carbocycles. The molecule has 0 aliphatic carbocycles. The second kappa shape index (κ2) is 6.42. The van der Waals surface area contributed by atoms with Crippen LogP contribution in [0.5, 0.6) is 0 Å². The molecule has 0 saturated heterocycles. The van der Waals surface area contributed by atoms with E-state index in [1.807, 2.05) is 0 Å². The summed E-state index contributed by atoms with van der Waals surface area (Å²) in [5, 5.41) is 3.46. The van der Waals surface area contributed by atoms with Crippen LogP contribution in [0.3, 0.4) is 0 Å². The second-order valence-electron chi connectivity index (χ2n) is 5.30. The van der Waals surface area contributed by atoms with E-state index in [2.05, 4.69) is 74.6 Å². The molecule has 2 aromatic rings. The maximum absolute atomic E-state index is 3.46. The molecule has 100 valence electrons. The van der Waals surface area contributed by atoms with Crippen molar-refractivity contribution < 1.29 is 0 Å². The first kappa shape index (κ1) is 13.7. The Morgan fingerprint density at radius 2 is 1.42 bits per heavy atom. The topological polar surface area (TPSA) is 12.0 Å². The quantitative estimate of drug-likeness (QED) is 0.792. The normalized spacial score (nSPS) is 10.7. The van der Waals surface area contributed by atoms with E-state index < -0.39 is 0 Å². The number of benzene rings is 2. The van der Waals surface area contributed by atoms with Crippen LogP contribution in [-0.2, 0) is 13.0 Å². The minimum Gasteiger partial charge on any atom is -0.381 e. The third-order valence-corrected chi connectivity index (χ3v) is 3.51. The molecule has 0 spiro atoms. The molecule has 0 aliphatic heterocycles. The lowest BCUT2D eigenvalue weighted by atomic mass is 10.0. The Morgan fingerprint density at radius 1 is 0.842 bits per heavy atom. The predicted octanol–water partition coefficient (Wildman–Crippen LogP) is 4.98. The van der Waals surface area contributed by atoms with E-state index in [9.17, 15) is 0 Å². The highest BCUT2D eigenvalue weighted by Crippen LogP contribution is 2.17. The fraction of sp³-hybridized carbons (Fsp3) is 0.333. The van der Waals surface area contributed by atoms with Crippen LogP contribution >= 0.6 is 0 Å². The minimum atomic E-state index is 0.593. The molecule has 0 bridgehead atoms. The fourth-order valence-corrected chi connectivity index (χ4v) is 2.08. The first-order valence-electron chi connectivity index (χ1n) is 7.10. The highest BCUT2D eigenvalue weighted by molar-refractivity contribution is 5.45. The van der Waals surface area contributed by atoms with Crippen LogP contribution in [0.2, 0.25) is 0 Å². The summed E-state index contributed by atoms with van der Waals surface area (Å²) in [4.78, 5) is 0. The molecule has 1 N–H and O–H groups in total. The lowest BCUT2D eigenvalue weighted by Gasteiger charge is -2.09. The Kier molecular flexibility index (Phi) is 4.62. The number of rotatable bonds is 5. The van der Waals surface area contributed by atoms with Crippen molar-refractivity contribution in [3.05, 3.63) is 65.2 Å². The summed E-state index contributed by atoms with van der Waals surface area (Å²) in [6.07, 6.45) is 1.10. The van der Waals surface area contributed by atoms with Gasteiger partial charge in [0.05, 0.1) is 0 Å². The largest absolute Gasteiger partial charge is 0.381 e. The molecule has 0 amide bonds. The van der Waals surface area contributed by atoms with Crippen molar-refractivity contribution in [2.45, 2.75) is 39.7 Å². The highest BCUT2D eigenvalue weighted by Gasteiger charge is 1.99. The van der Waals surface area contributed by atoms with E-state index in [0.29, 0.717) is 5.92 Å². The van der Waals surface area contributed by atoms with Crippen LogP contribution in [0.4, 0.5) is 5.69 Å². The van der Waals surface area contributed by atoms with Gasteiger partial charge in [-0.15, -0.1) is 0 Å². The molecule has 0 unspecified atom stereocenters. The van der Waals surface area contributed by atoms with Gasteiger partial charge < -0.3 is 5.32 Å². The number of anilines is 1. The molecule has 0 aliphatic rings. The van der Waals surface area contributed by atoms with Gasteiger partial charge >= 0.3 is 0 Å². The Balaban J connectivity index is 1.94. The van der Waals surface area contributed by atoms with Gasteiger partial charge in [-0.1, -0.05) is 57.2 Å². The van der Waals surface area contributed by atoms with Crippen molar-refractivity contribution in [3.8, 4) is 0 Å². The number of hydrogen-bond acceptors (Lipinski definition) is 1. The zero-order valence-electron chi connectivity index (χ0n) is 12.1. The Labute approximate surface area is 116 Å². The fourth-order valence-electron chi connectivity index (χ4n) is 2.08. The molecule has 2 rings (SSSR count). The summed E-state index contributed by atoms with van der Waals surface area (Å²) < 4.78 is 0. The molecule has 0 fully saturated rings. The molecule has 1 nitrogen and oxygen atoms in total. The summed E-state index contributed by atoms with van der Waals surface area (Å²) in [6.45, 7) is 7.50. The van der Waals surface area contributed by atoms with Gasteiger partial charge in [0.1, 0.15) is 0 Å². The van der Waals surface area contributed by atoms with Crippen molar-refractivity contribution >= 4 is 5.69 Å². The lowest BCUT2D eigenvalue weighted by Crippen LogP contribution is -1.99. The van der Waals surface area contributed by atoms with Gasteiger partial charge in [0.25, 0.3) is 0 Å². The Morgan fingerprint density at radius 3 is 1.95 bits per heavy atom. The molecule has 0 radical (unpaired) electrons. The average Bonchev–Trinajstić information content (AvgIpc) is 2.46. The van der Waals surface area contributed by atoms with Crippen molar-refractivity contribution in [2.75, 3.05) is 5.32 Å². The maximum Gasteiger partial charge on any atom is 0.0400 e. The van der Waals surface area contributed by atoms with E-state index in [0.717, 1.165) is 13.0 Å². The zero-order chi connectivity index (χ0) is 13.7. The molecule has 0 saturated carbocycles. The first-order chi connectivity index (χ1) is 9.19. The summed E-state index contributed by atoms with van der Waals surface area (Å²) in [6, 6.07) is 17.5. The van der Waals surface area contributed by atoms with Gasteiger partial charge in [0, 0.05) is 12.2 Å². The van der Waals surface area contributed by atoms with Gasteiger partial charge in [-0.3, -0.25) is 0 Å². The van der Waals surface area contributed by atoms with Crippen LogP contribution < -0.4 is 5.32 Å². The Hall–Kier alpha value is -1.76. The van der Waals surface area contributed by atoms with Crippen molar-refractivity contribution in [3.63, 3.8) is 0 Å². The third kappa shape index (κ3) is 3.85. The van der Waals surface area contributed by atoms with Crippen LogP contribution in [0.15, 0.2) is 48.5 Å². The summed E-state index contributed by atoms with van der Waals surface area (Å²) in [7, 11) is 0. The van der Waals surface area contributed by atoms with Gasteiger partial charge in [-0.25, -0.2) is 0 Å². The molecule has 0 heterocycles. The summed E-state index contributed by atoms with van der Waals surface area (Å²) in [5.41, 5.74) is 5.29. The second-order valence-corrected chi connectivity index (χ2v) is 5.30. The first-order valence-corrected chi connectivity index (χ1v) is 7.10. The molecule has 19 heavy (non-hydrogen) atoms. The predicted molar refractivity (Wildman–Crippen MR) is 83.7 cm³/mol. The number of nitrogens with one attached hydrogen (secondary N) is 1. The summed E-state index contributed by atoms with van der Waals surface area (Å²) in [5.74, 6) is 0.593. The smallest absolute Gasteiger partial charge is 0.0400 e. The molecular formula is C18H23N. The molecule has 0 aromatic heterocycles. The van der Waals surface area contributed by atoms with E-state index >= 15 is 0 Å². The standard InChI is InChI=1S/C18H23N/c1-4-15-5-7-16(8-6-15)13-19-18-11-9-17(10-12-18)14(2)3/h5-12,14,19H,4,13H2,1-3H3. The average molecular weight is 253 g/mol. The van der Waals surface area contributed by atoms with Crippen LogP contribution in [0.25, 0.3) is 0 Å². The van der Waals surface area contributed by atoms with Crippen molar-refractivity contribution in [1.29, 1.82) is 0 Å². The SMILES string of the molecule is CCc1ccc(CNc2ccc(C(C)C)cc2)cc1. The van der Waals surface area contributed by atoms with Crippen LogP contribution in [-0.4, -0.2) is 0 Å². The summed E-state index contributed by atoms with van der Waals surface area (Å²) >= 11 is 0. The van der Waals surface area contributed by atoms with Gasteiger partial charge in [0.15, 0.2) is 0 Å². The van der Waals surface area contributed by atoms with Crippen molar-refractivity contribution in [1.82, 2.24) is 0 Å². The molecular weight excluding hydrogens is 230 g/mol. The monoisotopic (exact) mass is 253 g/mol. The van der Waals surface area contributed by atoms with Gasteiger partial charge in [0.2, 0.25) is 0 Å². The molecule has 1 heteroatoms. The number of hydrogen-bond donors (Lipinski definition) is 1. The van der Waals surface area contributed by atoms with E-state index in [4.69, 9.17) is 0 Å². The zero-order valence-corrected chi connectivity index (χ0v) is 12.1. The van der Waals surface area contributed by atoms with E-state index in [1.165, 1.54) is 22.4 Å². The van der Waals surface area contributed by atoms with Crippen LogP contribution in [0, 0.1) is 0 Å². The van der Waals surface area contributed by atoms with E-state index in [1.54, 1.807) is 0 Å².